The summed E-state index contributed by atoms with van der Waals surface area (Å²) in [6.45, 7) is 4.38. The van der Waals surface area contributed by atoms with Crippen LogP contribution in [0.5, 0.6) is 5.75 Å². The van der Waals surface area contributed by atoms with Crippen molar-refractivity contribution in [3.8, 4) is 29.4 Å². The third-order valence-corrected chi connectivity index (χ3v) is 12.8. The standard InChI is InChI=1S/C41H47F2N5O4/c1-3-29-32(42)11-8-24-17-26(49)20-30(34(24)29)36-35(43)37-31(21-44-36)38(47-15-5-12-40(2,50)22-47)46-39(45-37)51-23-41-13-4-7-33(41)48(16-6-14-41)25-18-27-9-10-28(19-25)52-27/h1,8,11,17,20-21,25,27-28,33,39,45,49-50H,4-7,9-10,12-16,18-19,22-23H2,2H3/t25?,27?,28?,33?,39?,40-,41-/m1/s1. The van der Waals surface area contributed by atoms with Crippen molar-refractivity contribution < 1.29 is 28.5 Å². The molecule has 6 heterocycles. The van der Waals surface area contributed by atoms with Gasteiger partial charge in [-0.2, -0.15) is 0 Å². The second-order valence-electron chi connectivity index (χ2n) is 16.3. The topological polar surface area (TPSA) is 103 Å². The van der Waals surface area contributed by atoms with E-state index in [1.165, 1.54) is 37.1 Å². The van der Waals surface area contributed by atoms with Gasteiger partial charge in [0.2, 0.25) is 6.35 Å². The number of anilines is 1. The van der Waals surface area contributed by atoms with Crippen LogP contribution in [0.15, 0.2) is 35.5 Å². The van der Waals surface area contributed by atoms with E-state index in [0.717, 1.165) is 57.9 Å². The Hall–Kier alpha value is -3.82. The zero-order valence-corrected chi connectivity index (χ0v) is 29.7. The largest absolute Gasteiger partial charge is 0.508 e. The monoisotopic (exact) mass is 711 g/mol. The average Bonchev–Trinajstić information content (AvgIpc) is 3.72. The van der Waals surface area contributed by atoms with Gasteiger partial charge in [-0.05, 0) is 101 Å². The van der Waals surface area contributed by atoms with Crippen LogP contribution in [0, 0.1) is 29.4 Å². The summed E-state index contributed by atoms with van der Waals surface area (Å²) < 4.78 is 45.0. The van der Waals surface area contributed by atoms with Crippen LogP contribution in [-0.2, 0) is 9.47 Å². The van der Waals surface area contributed by atoms with Crippen molar-refractivity contribution in [2.45, 2.75) is 114 Å². The lowest BCUT2D eigenvalue weighted by atomic mass is 9.74. The van der Waals surface area contributed by atoms with Gasteiger partial charge in [0, 0.05) is 47.7 Å². The molecule has 1 aliphatic carbocycles. The van der Waals surface area contributed by atoms with Gasteiger partial charge >= 0.3 is 0 Å². The van der Waals surface area contributed by atoms with Crippen LogP contribution in [0.3, 0.4) is 0 Å². The molecule has 11 heteroatoms. The van der Waals surface area contributed by atoms with Crippen molar-refractivity contribution in [3.05, 3.63) is 53.2 Å². The molecule has 0 spiro atoms. The molecule has 6 aliphatic rings. The van der Waals surface area contributed by atoms with Crippen molar-refractivity contribution in [2.24, 2.45) is 10.4 Å². The minimum absolute atomic E-state index is 0.0137. The number of likely N-dealkylation sites (tertiary alicyclic amines) is 2. The number of terminal acetylenes is 1. The number of ether oxygens (including phenoxy) is 2. The van der Waals surface area contributed by atoms with Gasteiger partial charge in [-0.1, -0.05) is 18.4 Å². The molecule has 2 bridgehead atoms. The van der Waals surface area contributed by atoms with Gasteiger partial charge in [0.05, 0.1) is 41.2 Å². The fraction of sp³-hybridized carbons (Fsp3) is 0.561. The Kier molecular flexibility index (Phi) is 8.46. The van der Waals surface area contributed by atoms with Crippen LogP contribution in [-0.4, -0.2) is 93.3 Å². The van der Waals surface area contributed by atoms with Crippen LogP contribution in [0.25, 0.3) is 22.0 Å². The highest BCUT2D eigenvalue weighted by Gasteiger charge is 2.51. The van der Waals surface area contributed by atoms with Gasteiger partial charge in [0.15, 0.2) is 5.82 Å². The van der Waals surface area contributed by atoms with Gasteiger partial charge in [0.25, 0.3) is 0 Å². The zero-order valence-electron chi connectivity index (χ0n) is 29.7. The molecule has 1 saturated carbocycles. The first kappa shape index (κ1) is 34.0. The number of phenols is 1. The number of nitrogens with zero attached hydrogens (tertiary/aromatic N) is 4. The summed E-state index contributed by atoms with van der Waals surface area (Å²) in [6.07, 6.45) is 18.7. The highest BCUT2D eigenvalue weighted by atomic mass is 19.1. The average molecular weight is 712 g/mol. The lowest BCUT2D eigenvalue weighted by molar-refractivity contribution is -0.0957. The Labute approximate surface area is 303 Å². The van der Waals surface area contributed by atoms with Crippen molar-refractivity contribution in [2.75, 3.05) is 31.6 Å². The molecule has 9 nitrogen and oxygen atoms in total. The normalized spacial score (nSPS) is 32.9. The Balaban J connectivity index is 1.06. The first-order chi connectivity index (χ1) is 25.1. The lowest BCUT2D eigenvalue weighted by Gasteiger charge is -2.51. The van der Waals surface area contributed by atoms with Crippen molar-refractivity contribution in [1.29, 1.82) is 0 Å². The molecule has 6 atom stereocenters. The summed E-state index contributed by atoms with van der Waals surface area (Å²) >= 11 is 0. The number of aromatic nitrogens is 1. The number of aromatic hydroxyl groups is 1. The predicted octanol–water partition coefficient (Wildman–Crippen LogP) is 6.53. The first-order valence-corrected chi connectivity index (χ1v) is 19.1. The van der Waals surface area contributed by atoms with E-state index in [1.807, 2.05) is 11.8 Å². The van der Waals surface area contributed by atoms with E-state index in [4.69, 9.17) is 20.9 Å². The van der Waals surface area contributed by atoms with Crippen LogP contribution in [0.2, 0.25) is 0 Å². The van der Waals surface area contributed by atoms with E-state index in [9.17, 15) is 14.6 Å². The second kappa shape index (κ2) is 12.9. The second-order valence-corrected chi connectivity index (χ2v) is 16.3. The number of aliphatic hydroxyl groups is 1. The molecule has 5 fully saturated rings. The molecule has 1 aromatic heterocycles. The van der Waals surface area contributed by atoms with E-state index in [2.05, 4.69) is 21.1 Å². The quantitative estimate of drug-likeness (QED) is 0.257. The number of halogens is 2. The number of rotatable bonds is 5. The number of phenolic OH excluding ortho intramolecular Hbond substituents is 1. The van der Waals surface area contributed by atoms with E-state index < -0.39 is 23.6 Å². The minimum Gasteiger partial charge on any atom is -0.508 e. The number of hydrogen-bond donors (Lipinski definition) is 3. The SMILES string of the molecule is C#Cc1c(F)ccc2cc(O)cc(-c3ncc4c(c3F)NC(OC[C@]35CCCC3N(C3CC6CCC(C3)O6)CCC5)N=C4N3CCC[C@@](C)(O)C3)c12. The number of benzene rings is 2. The highest BCUT2D eigenvalue weighted by Crippen LogP contribution is 2.51. The van der Waals surface area contributed by atoms with Gasteiger partial charge in [-0.15, -0.1) is 6.42 Å². The van der Waals surface area contributed by atoms with Crippen molar-refractivity contribution in [1.82, 2.24) is 14.8 Å². The van der Waals surface area contributed by atoms with Crippen LogP contribution < -0.4 is 5.32 Å². The van der Waals surface area contributed by atoms with Crippen LogP contribution in [0.4, 0.5) is 14.5 Å². The Morgan fingerprint density at radius 2 is 1.85 bits per heavy atom. The molecule has 3 aromatic rings. The fourth-order valence-corrected chi connectivity index (χ4v) is 10.5. The summed E-state index contributed by atoms with van der Waals surface area (Å²) in [5.41, 5.74) is -0.273. The lowest BCUT2D eigenvalue weighted by Crippen LogP contribution is -2.57. The number of aliphatic imine (C=N–C) groups is 1. The molecule has 0 radical (unpaired) electrons. The van der Waals surface area contributed by atoms with E-state index >= 15 is 4.39 Å². The van der Waals surface area contributed by atoms with Gasteiger partial charge in [-0.25, -0.2) is 13.8 Å². The van der Waals surface area contributed by atoms with Gasteiger partial charge in [-0.3, -0.25) is 9.88 Å². The van der Waals surface area contributed by atoms with Crippen molar-refractivity contribution in [3.63, 3.8) is 0 Å². The van der Waals surface area contributed by atoms with E-state index in [1.54, 1.807) is 6.20 Å². The summed E-state index contributed by atoms with van der Waals surface area (Å²) in [5.74, 6) is 1.50. The molecule has 274 valence electrons. The number of hydrogen-bond acceptors (Lipinski definition) is 9. The zero-order chi connectivity index (χ0) is 35.8. The minimum atomic E-state index is -0.935. The molecular formula is C41H47F2N5O4. The number of amidine groups is 1. The Morgan fingerprint density at radius 1 is 1.06 bits per heavy atom. The summed E-state index contributed by atoms with van der Waals surface area (Å²) in [7, 11) is 0. The molecule has 3 N–H and O–H groups in total. The smallest absolute Gasteiger partial charge is 0.227 e. The van der Waals surface area contributed by atoms with Crippen LogP contribution >= 0.6 is 0 Å². The highest BCUT2D eigenvalue weighted by molar-refractivity contribution is 6.06. The number of β-amino-alcohol motifs (C(OH)–C–C–N with tert-alkyl or cyclic N) is 1. The summed E-state index contributed by atoms with van der Waals surface area (Å²) in [5, 5.41) is 25.7. The fourth-order valence-electron chi connectivity index (χ4n) is 10.5. The van der Waals surface area contributed by atoms with Crippen molar-refractivity contribution >= 4 is 22.3 Å². The number of pyridine rings is 1. The predicted molar refractivity (Wildman–Crippen MR) is 195 cm³/mol. The molecule has 52 heavy (non-hydrogen) atoms. The molecule has 4 saturated heterocycles. The maximum absolute atomic E-state index is 17.1. The van der Waals surface area contributed by atoms with Gasteiger partial charge in [0.1, 0.15) is 23.1 Å². The van der Waals surface area contributed by atoms with E-state index in [0.29, 0.717) is 72.6 Å². The van der Waals surface area contributed by atoms with E-state index in [-0.39, 0.29) is 33.7 Å². The number of piperidine rings is 2. The molecule has 4 unspecified atom stereocenters. The Morgan fingerprint density at radius 3 is 2.63 bits per heavy atom. The summed E-state index contributed by atoms with van der Waals surface area (Å²) in [6, 6.07) is 6.56. The van der Waals surface area contributed by atoms with Crippen LogP contribution in [0.1, 0.15) is 88.7 Å². The molecule has 5 aliphatic heterocycles. The molecule has 2 aromatic carbocycles. The maximum atomic E-state index is 17.1. The summed E-state index contributed by atoms with van der Waals surface area (Å²) in [4.78, 5) is 14.4. The number of nitrogens with one attached hydrogen (secondary N) is 1. The molecular weight excluding hydrogens is 664 g/mol. The third-order valence-electron chi connectivity index (χ3n) is 12.8. The first-order valence-electron chi connectivity index (χ1n) is 19.1. The Bertz CT molecular complexity index is 1970. The molecule has 9 rings (SSSR count). The molecule has 0 amide bonds. The maximum Gasteiger partial charge on any atom is 0.227 e. The van der Waals surface area contributed by atoms with Gasteiger partial charge < -0.3 is 29.9 Å². The number of fused-ring (bicyclic) bond motifs is 5. The third kappa shape index (κ3) is 5.83.